The summed E-state index contributed by atoms with van der Waals surface area (Å²) in [6, 6.07) is 5.95. The highest BCUT2D eigenvalue weighted by Gasteiger charge is 2.23. The lowest BCUT2D eigenvalue weighted by atomic mass is 10.1. The van der Waals surface area contributed by atoms with E-state index in [1.54, 1.807) is 4.90 Å². The first kappa shape index (κ1) is 17.0. The lowest BCUT2D eigenvalue weighted by molar-refractivity contribution is 0.0958. The van der Waals surface area contributed by atoms with Crippen LogP contribution in [-0.2, 0) is 4.74 Å². The molecule has 1 atom stereocenters. The van der Waals surface area contributed by atoms with Gasteiger partial charge in [0.25, 0.3) is 0 Å². The van der Waals surface area contributed by atoms with Crippen LogP contribution in [0, 0.1) is 12.8 Å². The molecular formula is C18H27N3O3. The van der Waals surface area contributed by atoms with Gasteiger partial charge >= 0.3 is 6.03 Å². The van der Waals surface area contributed by atoms with Gasteiger partial charge in [-0.2, -0.15) is 0 Å². The summed E-state index contributed by atoms with van der Waals surface area (Å²) in [5.41, 5.74) is 3.17. The van der Waals surface area contributed by atoms with E-state index in [2.05, 4.69) is 23.2 Å². The Hall–Kier alpha value is -1.79. The number of urea groups is 1. The highest BCUT2D eigenvalue weighted by Crippen LogP contribution is 2.29. The van der Waals surface area contributed by atoms with E-state index < -0.39 is 0 Å². The van der Waals surface area contributed by atoms with Gasteiger partial charge in [0.1, 0.15) is 0 Å². The van der Waals surface area contributed by atoms with E-state index in [9.17, 15) is 9.90 Å². The van der Waals surface area contributed by atoms with Crippen molar-refractivity contribution < 1.29 is 14.6 Å². The summed E-state index contributed by atoms with van der Waals surface area (Å²) in [6.07, 6.45) is 2.46. The van der Waals surface area contributed by atoms with Gasteiger partial charge in [-0.1, -0.05) is 6.07 Å². The molecule has 2 heterocycles. The number of aliphatic hydroxyl groups excluding tert-OH is 1. The zero-order valence-electron chi connectivity index (χ0n) is 14.3. The number of hydrogen-bond donors (Lipinski definition) is 2. The van der Waals surface area contributed by atoms with Crippen LogP contribution in [0.2, 0.25) is 0 Å². The summed E-state index contributed by atoms with van der Waals surface area (Å²) in [5.74, 6) is -0.0183. The number of anilines is 2. The van der Waals surface area contributed by atoms with Crippen molar-refractivity contribution in [3.63, 3.8) is 0 Å². The largest absolute Gasteiger partial charge is 0.396 e. The van der Waals surface area contributed by atoms with E-state index in [4.69, 9.17) is 4.74 Å². The molecule has 2 saturated heterocycles. The highest BCUT2D eigenvalue weighted by molar-refractivity contribution is 5.91. The van der Waals surface area contributed by atoms with Crippen LogP contribution in [0.4, 0.5) is 16.2 Å². The Kier molecular flexibility index (Phi) is 5.58. The quantitative estimate of drug-likeness (QED) is 0.889. The Bertz CT molecular complexity index is 573. The van der Waals surface area contributed by atoms with Crippen LogP contribution in [0.25, 0.3) is 0 Å². The second kappa shape index (κ2) is 7.85. The average Bonchev–Trinajstić information content (AvgIpc) is 3.00. The Morgan fingerprint density at radius 2 is 2.12 bits per heavy atom. The smallest absolute Gasteiger partial charge is 0.321 e. The van der Waals surface area contributed by atoms with Crippen LogP contribution < -0.4 is 10.2 Å². The topological polar surface area (TPSA) is 65.0 Å². The molecule has 0 aromatic heterocycles. The third kappa shape index (κ3) is 3.82. The van der Waals surface area contributed by atoms with Crippen molar-refractivity contribution >= 4 is 17.4 Å². The van der Waals surface area contributed by atoms with E-state index in [0.717, 1.165) is 24.3 Å². The van der Waals surface area contributed by atoms with Gasteiger partial charge in [-0.05, 0) is 37.5 Å². The fourth-order valence-corrected chi connectivity index (χ4v) is 3.43. The molecule has 0 radical (unpaired) electrons. The zero-order chi connectivity index (χ0) is 16.9. The molecule has 1 aromatic carbocycles. The minimum absolute atomic E-state index is 0.0183. The molecule has 0 aliphatic carbocycles. The molecule has 2 fully saturated rings. The van der Waals surface area contributed by atoms with Gasteiger partial charge in [0.15, 0.2) is 0 Å². The summed E-state index contributed by atoms with van der Waals surface area (Å²) in [7, 11) is 0. The number of amides is 2. The Morgan fingerprint density at radius 1 is 1.33 bits per heavy atom. The number of nitrogens with one attached hydrogen (secondary N) is 1. The fourth-order valence-electron chi connectivity index (χ4n) is 3.43. The van der Waals surface area contributed by atoms with Gasteiger partial charge in [-0.15, -0.1) is 0 Å². The molecule has 0 spiro atoms. The minimum atomic E-state index is -0.124. The summed E-state index contributed by atoms with van der Waals surface area (Å²) < 4.78 is 5.45. The van der Waals surface area contributed by atoms with Gasteiger partial charge in [0, 0.05) is 50.1 Å². The lowest BCUT2D eigenvalue weighted by Crippen LogP contribution is -2.39. The molecule has 2 aliphatic rings. The number of carbonyl (C=O) groups excluding carboxylic acids is 1. The van der Waals surface area contributed by atoms with Crippen molar-refractivity contribution in [1.82, 2.24) is 4.90 Å². The Balaban J connectivity index is 1.70. The van der Waals surface area contributed by atoms with Gasteiger partial charge in [-0.3, -0.25) is 0 Å². The van der Waals surface area contributed by atoms with E-state index in [1.165, 1.54) is 18.5 Å². The standard InChI is InChI=1S/C18H27N3O3/c1-14-16(5-4-6-17(14)20-7-2-3-8-20)19-18(23)21-9-10-24-13-15(11-21)12-22/h4-6,15,22H,2-3,7-13H2,1H3,(H,19,23)/t15-/m1/s1. The average molecular weight is 333 g/mol. The SMILES string of the molecule is Cc1c(NC(=O)N2CCOC[C@@H](CO)C2)cccc1N1CCCC1. The monoisotopic (exact) mass is 333 g/mol. The van der Waals surface area contributed by atoms with Crippen LogP contribution in [0.5, 0.6) is 0 Å². The van der Waals surface area contributed by atoms with E-state index >= 15 is 0 Å². The molecule has 2 aliphatic heterocycles. The number of ether oxygens (including phenoxy) is 1. The van der Waals surface area contributed by atoms with Crippen molar-refractivity contribution in [2.45, 2.75) is 19.8 Å². The van der Waals surface area contributed by atoms with Crippen LogP contribution >= 0.6 is 0 Å². The molecule has 3 rings (SSSR count). The zero-order valence-corrected chi connectivity index (χ0v) is 14.3. The van der Waals surface area contributed by atoms with Gasteiger partial charge in [-0.25, -0.2) is 4.79 Å². The molecule has 0 unspecified atom stereocenters. The van der Waals surface area contributed by atoms with Gasteiger partial charge in [0.2, 0.25) is 0 Å². The second-order valence-corrected chi connectivity index (χ2v) is 6.64. The summed E-state index contributed by atoms with van der Waals surface area (Å²) >= 11 is 0. The number of aliphatic hydroxyl groups is 1. The van der Waals surface area contributed by atoms with Crippen molar-refractivity contribution in [1.29, 1.82) is 0 Å². The number of rotatable bonds is 3. The van der Waals surface area contributed by atoms with E-state index in [1.807, 2.05) is 12.1 Å². The van der Waals surface area contributed by atoms with Crippen LogP contribution in [0.3, 0.4) is 0 Å². The minimum Gasteiger partial charge on any atom is -0.396 e. The van der Waals surface area contributed by atoms with Crippen molar-refractivity contribution in [2.75, 3.05) is 56.2 Å². The summed E-state index contributed by atoms with van der Waals surface area (Å²) in [6.45, 7) is 6.35. The van der Waals surface area contributed by atoms with Crippen molar-refractivity contribution in [3.05, 3.63) is 23.8 Å². The third-order valence-electron chi connectivity index (χ3n) is 4.88. The molecular weight excluding hydrogens is 306 g/mol. The Morgan fingerprint density at radius 3 is 2.88 bits per heavy atom. The fraction of sp³-hybridized carbons (Fsp3) is 0.611. The summed E-state index contributed by atoms with van der Waals surface area (Å²) in [4.78, 5) is 16.7. The first-order valence-electron chi connectivity index (χ1n) is 8.78. The molecule has 1 aromatic rings. The van der Waals surface area contributed by atoms with E-state index in [-0.39, 0.29) is 18.6 Å². The summed E-state index contributed by atoms with van der Waals surface area (Å²) in [5, 5.41) is 12.4. The molecule has 132 valence electrons. The van der Waals surface area contributed by atoms with Crippen LogP contribution in [0.15, 0.2) is 18.2 Å². The van der Waals surface area contributed by atoms with Crippen LogP contribution in [-0.4, -0.2) is 62.0 Å². The molecule has 6 nitrogen and oxygen atoms in total. The molecule has 24 heavy (non-hydrogen) atoms. The molecule has 2 N–H and O–H groups in total. The van der Waals surface area contributed by atoms with Gasteiger partial charge in [0.05, 0.1) is 13.2 Å². The molecule has 2 amide bonds. The normalized spacial score (nSPS) is 21.7. The predicted molar refractivity (Wildman–Crippen MR) is 94.6 cm³/mol. The second-order valence-electron chi connectivity index (χ2n) is 6.64. The van der Waals surface area contributed by atoms with E-state index in [0.29, 0.717) is 26.3 Å². The maximum absolute atomic E-state index is 12.6. The Labute approximate surface area is 143 Å². The molecule has 0 bridgehead atoms. The van der Waals surface area contributed by atoms with Gasteiger partial charge < -0.3 is 25.0 Å². The van der Waals surface area contributed by atoms with Crippen LogP contribution in [0.1, 0.15) is 18.4 Å². The first-order chi connectivity index (χ1) is 11.7. The number of carbonyl (C=O) groups is 1. The maximum atomic E-state index is 12.6. The third-order valence-corrected chi connectivity index (χ3v) is 4.88. The lowest BCUT2D eigenvalue weighted by Gasteiger charge is -2.25. The number of nitrogens with zero attached hydrogens (tertiary/aromatic N) is 2. The number of benzene rings is 1. The van der Waals surface area contributed by atoms with Crippen molar-refractivity contribution in [2.24, 2.45) is 5.92 Å². The first-order valence-corrected chi connectivity index (χ1v) is 8.78. The highest BCUT2D eigenvalue weighted by atomic mass is 16.5. The predicted octanol–water partition coefficient (Wildman–Crippen LogP) is 2.07. The van der Waals surface area contributed by atoms with Crippen molar-refractivity contribution in [3.8, 4) is 0 Å². The number of hydrogen-bond acceptors (Lipinski definition) is 4. The molecule has 6 heteroatoms. The molecule has 0 saturated carbocycles. The maximum Gasteiger partial charge on any atom is 0.321 e.